The minimum absolute atomic E-state index is 0.103. The average Bonchev–Trinajstić information content (AvgIpc) is 3.05. The third-order valence-electron chi connectivity index (χ3n) is 16.7. The number of aliphatic hydroxyl groups is 1. The highest BCUT2D eigenvalue weighted by Crippen LogP contribution is 2.45. The summed E-state index contributed by atoms with van der Waals surface area (Å²) in [6, 6.07) is 0. The van der Waals surface area contributed by atoms with Crippen LogP contribution in [0, 0.1) is 23.7 Å². The largest absolute Gasteiger partial charge is 0.472 e. The molecule has 0 aliphatic carbocycles. The average molecular weight is 1330 g/mol. The number of aliphatic hydroxyl groups excluding tert-OH is 1. The molecule has 0 amide bonds. The van der Waals surface area contributed by atoms with Gasteiger partial charge >= 0.3 is 39.5 Å². The maximum atomic E-state index is 13.0. The van der Waals surface area contributed by atoms with Crippen LogP contribution in [-0.4, -0.2) is 96.7 Å². The zero-order chi connectivity index (χ0) is 66.8. The monoisotopic (exact) mass is 1320 g/mol. The van der Waals surface area contributed by atoms with Gasteiger partial charge in [0.25, 0.3) is 0 Å². The molecule has 0 aromatic carbocycles. The number of carbonyl (C=O) groups excluding carboxylic acids is 4. The Morgan fingerprint density at radius 2 is 0.533 bits per heavy atom. The molecule has 0 aromatic heterocycles. The van der Waals surface area contributed by atoms with Crippen molar-refractivity contribution in [1.29, 1.82) is 0 Å². The number of carbonyl (C=O) groups is 4. The Balaban J connectivity index is 5.20. The lowest BCUT2D eigenvalue weighted by atomic mass is 10.00. The lowest BCUT2D eigenvalue weighted by Crippen LogP contribution is -2.30. The van der Waals surface area contributed by atoms with E-state index in [1.54, 1.807) is 0 Å². The fourth-order valence-electron chi connectivity index (χ4n) is 10.6. The first-order valence-corrected chi connectivity index (χ1v) is 39.7. The van der Waals surface area contributed by atoms with Gasteiger partial charge in [0.1, 0.15) is 19.3 Å². The van der Waals surface area contributed by atoms with Crippen molar-refractivity contribution < 1.29 is 80.2 Å². The Bertz CT molecular complexity index is 1780. The van der Waals surface area contributed by atoms with E-state index in [0.29, 0.717) is 31.6 Å². The Hall–Kier alpha value is -1.94. The van der Waals surface area contributed by atoms with Gasteiger partial charge in [-0.3, -0.25) is 37.3 Å². The zero-order valence-electron chi connectivity index (χ0n) is 58.8. The van der Waals surface area contributed by atoms with E-state index in [4.69, 9.17) is 37.0 Å². The molecule has 0 aliphatic heterocycles. The van der Waals surface area contributed by atoms with Crippen LogP contribution < -0.4 is 0 Å². The standard InChI is InChI=1S/C71H138O17P2/c1-9-64(8)50-42-34-29-30-36-44-52-69(74)82-58-67(88-71(76)54-46-38-27-21-20-24-32-40-48-62(4)5)60-86-90(79,80)84-56-65(72)55-83-89(77,78)85-59-66(57-81-68(73)51-43-35-28-22-25-33-41-49-63(6)7)87-70(75)53-45-37-26-19-17-15-13-11-10-12-14-16-18-23-31-39-47-61(2)3/h61-67,72H,9-60H2,1-8H3,(H,77,78)(H,79,80)/t64?,65?,66-,67-/m1/s1. The van der Waals surface area contributed by atoms with Gasteiger partial charge in [-0.15, -0.1) is 0 Å². The Morgan fingerprint density at radius 3 is 0.789 bits per heavy atom. The maximum Gasteiger partial charge on any atom is 0.472 e. The minimum Gasteiger partial charge on any atom is -0.462 e. The smallest absolute Gasteiger partial charge is 0.462 e. The van der Waals surface area contributed by atoms with E-state index in [1.807, 2.05) is 0 Å². The Labute approximate surface area is 549 Å². The van der Waals surface area contributed by atoms with Crippen LogP contribution in [0.3, 0.4) is 0 Å². The third-order valence-corrected chi connectivity index (χ3v) is 18.6. The SMILES string of the molecule is CCC(C)CCCCCCCCC(=O)OC[C@H](COP(=O)(O)OCC(O)COP(=O)(O)OC[C@@H](COC(=O)CCCCCCCCCC(C)C)OC(=O)CCCCCCCCCCCCCCCCCCC(C)C)OC(=O)CCCCCCCCCCC(C)C. The first kappa shape index (κ1) is 88.1. The summed E-state index contributed by atoms with van der Waals surface area (Å²) >= 11 is 0. The Morgan fingerprint density at radius 1 is 0.311 bits per heavy atom. The van der Waals surface area contributed by atoms with Gasteiger partial charge in [-0.2, -0.15) is 0 Å². The van der Waals surface area contributed by atoms with Crippen LogP contribution in [0.4, 0.5) is 0 Å². The summed E-state index contributed by atoms with van der Waals surface area (Å²) in [6.07, 6.45) is 43.3. The molecule has 0 radical (unpaired) electrons. The predicted molar refractivity (Wildman–Crippen MR) is 363 cm³/mol. The summed E-state index contributed by atoms with van der Waals surface area (Å²) in [7, 11) is -9.90. The molecule has 0 spiro atoms. The number of hydrogen-bond donors (Lipinski definition) is 3. The topological polar surface area (TPSA) is 237 Å². The molecule has 6 atom stereocenters. The zero-order valence-corrected chi connectivity index (χ0v) is 60.6. The summed E-state index contributed by atoms with van der Waals surface area (Å²) in [5.74, 6) is 0.832. The molecule has 17 nitrogen and oxygen atoms in total. The van der Waals surface area contributed by atoms with Crippen LogP contribution in [0.2, 0.25) is 0 Å². The third kappa shape index (κ3) is 63.5. The predicted octanol–water partition coefficient (Wildman–Crippen LogP) is 20.1. The highest BCUT2D eigenvalue weighted by Gasteiger charge is 2.30. The van der Waals surface area contributed by atoms with Crippen LogP contribution in [0.25, 0.3) is 0 Å². The molecule has 4 unspecified atom stereocenters. The van der Waals surface area contributed by atoms with E-state index >= 15 is 0 Å². The molecule has 534 valence electrons. The number of esters is 4. The summed E-state index contributed by atoms with van der Waals surface area (Å²) in [5, 5.41) is 10.6. The number of ether oxygens (including phenoxy) is 4. The van der Waals surface area contributed by atoms with Crippen LogP contribution >= 0.6 is 15.6 Å². The van der Waals surface area contributed by atoms with E-state index in [1.165, 1.54) is 141 Å². The molecule has 90 heavy (non-hydrogen) atoms. The molecule has 0 saturated carbocycles. The van der Waals surface area contributed by atoms with Gasteiger partial charge in [-0.05, 0) is 49.4 Å². The van der Waals surface area contributed by atoms with E-state index in [-0.39, 0.29) is 25.7 Å². The molecule has 0 aliphatic rings. The van der Waals surface area contributed by atoms with Crippen LogP contribution in [0.1, 0.15) is 351 Å². The fraction of sp³-hybridized carbons (Fsp3) is 0.944. The molecule has 3 N–H and O–H groups in total. The van der Waals surface area contributed by atoms with Crippen molar-refractivity contribution in [2.75, 3.05) is 39.6 Å². The molecule has 0 rings (SSSR count). The molecule has 19 heteroatoms. The highest BCUT2D eigenvalue weighted by atomic mass is 31.2. The van der Waals surface area contributed by atoms with Gasteiger partial charge in [0.15, 0.2) is 12.2 Å². The van der Waals surface area contributed by atoms with Gasteiger partial charge in [0.2, 0.25) is 0 Å². The molecule has 0 aromatic rings. The summed E-state index contributed by atoms with van der Waals surface area (Å²) < 4.78 is 68.3. The number of phosphoric ester groups is 2. The first-order valence-electron chi connectivity index (χ1n) is 36.7. The minimum atomic E-state index is -4.95. The Kier molecular flexibility index (Phi) is 59.4. The molecule has 0 saturated heterocycles. The molecule has 0 heterocycles. The number of hydrogen-bond acceptors (Lipinski definition) is 15. The van der Waals surface area contributed by atoms with Gasteiger partial charge in [-0.25, -0.2) is 9.13 Å². The van der Waals surface area contributed by atoms with Gasteiger partial charge in [-0.1, -0.05) is 299 Å². The number of rotatable bonds is 68. The summed E-state index contributed by atoms with van der Waals surface area (Å²) in [5.41, 5.74) is 0. The van der Waals surface area contributed by atoms with E-state index in [2.05, 4.69) is 55.4 Å². The lowest BCUT2D eigenvalue weighted by Gasteiger charge is -2.21. The normalized spacial score (nSPS) is 14.6. The molecule has 0 fully saturated rings. The van der Waals surface area contributed by atoms with Gasteiger partial charge < -0.3 is 33.8 Å². The second-order valence-corrected chi connectivity index (χ2v) is 30.2. The van der Waals surface area contributed by atoms with E-state index in [9.17, 15) is 43.2 Å². The molecule has 0 bridgehead atoms. The van der Waals surface area contributed by atoms with Gasteiger partial charge in [0, 0.05) is 25.7 Å². The van der Waals surface area contributed by atoms with Crippen molar-refractivity contribution in [1.82, 2.24) is 0 Å². The number of unbranched alkanes of at least 4 members (excludes halogenated alkanes) is 33. The van der Waals surface area contributed by atoms with Crippen LogP contribution in [-0.2, 0) is 65.4 Å². The van der Waals surface area contributed by atoms with Crippen molar-refractivity contribution in [3.05, 3.63) is 0 Å². The first-order chi connectivity index (χ1) is 43.1. The van der Waals surface area contributed by atoms with Crippen molar-refractivity contribution in [3.8, 4) is 0 Å². The van der Waals surface area contributed by atoms with Crippen molar-refractivity contribution >= 4 is 39.5 Å². The van der Waals surface area contributed by atoms with E-state index in [0.717, 1.165) is 120 Å². The van der Waals surface area contributed by atoms with Crippen LogP contribution in [0.5, 0.6) is 0 Å². The summed E-state index contributed by atoms with van der Waals surface area (Å²) in [4.78, 5) is 72.5. The second kappa shape index (κ2) is 60.7. The van der Waals surface area contributed by atoms with Crippen LogP contribution in [0.15, 0.2) is 0 Å². The van der Waals surface area contributed by atoms with Crippen molar-refractivity contribution in [3.63, 3.8) is 0 Å². The number of phosphoric acid groups is 2. The molecular formula is C71H138O17P2. The van der Waals surface area contributed by atoms with Crippen molar-refractivity contribution in [2.45, 2.75) is 369 Å². The second-order valence-electron chi connectivity index (χ2n) is 27.3. The quantitative estimate of drug-likeness (QED) is 0.0222. The van der Waals surface area contributed by atoms with Gasteiger partial charge in [0.05, 0.1) is 26.4 Å². The molecular weight excluding hydrogens is 1190 g/mol. The summed E-state index contributed by atoms with van der Waals surface area (Å²) in [6.45, 7) is 14.0. The van der Waals surface area contributed by atoms with E-state index < -0.39 is 97.5 Å². The lowest BCUT2D eigenvalue weighted by molar-refractivity contribution is -0.161. The fourth-order valence-corrected chi connectivity index (χ4v) is 12.2. The maximum absolute atomic E-state index is 13.0. The highest BCUT2D eigenvalue weighted by molar-refractivity contribution is 7.47. The van der Waals surface area contributed by atoms with Crippen molar-refractivity contribution in [2.24, 2.45) is 23.7 Å².